The fourth-order valence-corrected chi connectivity index (χ4v) is 4.23. The van der Waals surface area contributed by atoms with Crippen molar-refractivity contribution in [2.24, 2.45) is 0 Å². The zero-order chi connectivity index (χ0) is 18.8. The molecule has 3 heterocycles. The van der Waals surface area contributed by atoms with Gasteiger partial charge in [-0.05, 0) is 63.8 Å². The third-order valence-corrected chi connectivity index (χ3v) is 5.74. The van der Waals surface area contributed by atoms with Crippen LogP contribution >= 0.6 is 0 Å². The largest absolute Gasteiger partial charge is 0.349 e. The highest BCUT2D eigenvalue weighted by molar-refractivity contribution is 5.78. The summed E-state index contributed by atoms with van der Waals surface area (Å²) in [5, 5.41) is 0. The molecule has 3 aromatic rings. The fourth-order valence-electron chi connectivity index (χ4n) is 4.23. The van der Waals surface area contributed by atoms with Crippen LogP contribution in [0.4, 0.5) is 0 Å². The number of nitrogens with zero attached hydrogens (tertiary/aromatic N) is 3. The van der Waals surface area contributed by atoms with Gasteiger partial charge in [-0.1, -0.05) is 12.1 Å². The number of H-pyrrole nitrogens is 1. The van der Waals surface area contributed by atoms with Crippen molar-refractivity contribution >= 4 is 16.9 Å². The average Bonchev–Trinajstić information content (AvgIpc) is 3.26. The maximum Gasteiger partial charge on any atom is 0.223 e. The molecule has 27 heavy (non-hydrogen) atoms. The molecular weight excluding hydrogens is 336 g/mol. The Morgan fingerprint density at radius 1 is 1.15 bits per heavy atom. The summed E-state index contributed by atoms with van der Waals surface area (Å²) in [6, 6.07) is 12.4. The van der Waals surface area contributed by atoms with Crippen LogP contribution in [-0.2, 0) is 11.3 Å². The van der Waals surface area contributed by atoms with Crippen molar-refractivity contribution in [3.63, 3.8) is 0 Å². The van der Waals surface area contributed by atoms with E-state index in [1.165, 1.54) is 11.4 Å². The smallest absolute Gasteiger partial charge is 0.223 e. The standard InChI is InChI=1S/C22H28N4O/c1-16-12-13-17(2)25(16)15-7-11-21(27)26-14-6-5-10-20(26)22-23-18-8-3-4-9-19(18)24-22/h3-4,8-9,12-13,20H,5-7,10-11,14-15H2,1-2H3,(H,23,24). The van der Waals surface area contributed by atoms with Gasteiger partial charge in [-0.3, -0.25) is 4.79 Å². The number of hydrogen-bond acceptors (Lipinski definition) is 2. The van der Waals surface area contributed by atoms with Crippen LogP contribution in [0.15, 0.2) is 36.4 Å². The van der Waals surface area contributed by atoms with Gasteiger partial charge in [0.2, 0.25) is 5.91 Å². The number of fused-ring (bicyclic) bond motifs is 1. The van der Waals surface area contributed by atoms with E-state index in [2.05, 4.69) is 40.4 Å². The van der Waals surface area contributed by atoms with E-state index in [0.717, 1.165) is 55.6 Å². The first-order valence-electron chi connectivity index (χ1n) is 10.0. The number of imidazole rings is 1. The molecule has 0 saturated carbocycles. The van der Waals surface area contributed by atoms with Gasteiger partial charge in [0.15, 0.2) is 0 Å². The van der Waals surface area contributed by atoms with E-state index in [1.54, 1.807) is 0 Å². The second-order valence-electron chi connectivity index (χ2n) is 7.61. The van der Waals surface area contributed by atoms with Crippen molar-refractivity contribution in [3.8, 4) is 0 Å². The van der Waals surface area contributed by atoms with E-state index in [1.807, 2.05) is 24.3 Å². The molecule has 5 heteroatoms. The van der Waals surface area contributed by atoms with Crippen molar-refractivity contribution in [1.82, 2.24) is 19.4 Å². The van der Waals surface area contributed by atoms with Crippen molar-refractivity contribution in [2.75, 3.05) is 6.54 Å². The molecule has 5 nitrogen and oxygen atoms in total. The Kier molecular flexibility index (Phi) is 5.01. The van der Waals surface area contributed by atoms with Gasteiger partial charge in [-0.15, -0.1) is 0 Å². The number of rotatable bonds is 5. The number of hydrogen-bond donors (Lipinski definition) is 1. The first-order valence-corrected chi connectivity index (χ1v) is 10.0. The highest BCUT2D eigenvalue weighted by atomic mass is 16.2. The number of carbonyl (C=O) groups is 1. The Hall–Kier alpha value is -2.56. The fraction of sp³-hybridized carbons (Fsp3) is 0.455. The summed E-state index contributed by atoms with van der Waals surface area (Å²) in [4.78, 5) is 23.2. The van der Waals surface area contributed by atoms with Crippen LogP contribution in [0.1, 0.15) is 55.4 Å². The quantitative estimate of drug-likeness (QED) is 0.724. The van der Waals surface area contributed by atoms with E-state index in [0.29, 0.717) is 6.42 Å². The zero-order valence-corrected chi connectivity index (χ0v) is 16.2. The molecule has 142 valence electrons. The molecule has 1 unspecified atom stereocenters. The molecule has 1 N–H and O–H groups in total. The van der Waals surface area contributed by atoms with Crippen LogP contribution in [0.25, 0.3) is 11.0 Å². The molecule has 0 bridgehead atoms. The lowest BCUT2D eigenvalue weighted by Crippen LogP contribution is -2.39. The molecule has 4 rings (SSSR count). The number of aryl methyl sites for hydroxylation is 2. The van der Waals surface area contributed by atoms with Crippen molar-refractivity contribution in [2.45, 2.75) is 58.5 Å². The number of carbonyl (C=O) groups excluding carboxylic acids is 1. The number of aromatic nitrogens is 3. The minimum Gasteiger partial charge on any atom is -0.349 e. The van der Waals surface area contributed by atoms with Crippen LogP contribution in [0, 0.1) is 13.8 Å². The van der Waals surface area contributed by atoms with Gasteiger partial charge in [0, 0.05) is 30.9 Å². The van der Waals surface area contributed by atoms with Gasteiger partial charge < -0.3 is 14.5 Å². The molecule has 0 aliphatic carbocycles. The highest BCUT2D eigenvalue weighted by Gasteiger charge is 2.29. The number of nitrogens with one attached hydrogen (secondary N) is 1. The van der Waals surface area contributed by atoms with Crippen LogP contribution in [0.2, 0.25) is 0 Å². The van der Waals surface area contributed by atoms with E-state index >= 15 is 0 Å². The Balaban J connectivity index is 1.44. The minimum absolute atomic E-state index is 0.0775. The molecule has 1 aliphatic heterocycles. The van der Waals surface area contributed by atoms with Gasteiger partial charge in [-0.25, -0.2) is 4.98 Å². The SMILES string of the molecule is Cc1ccc(C)n1CCCC(=O)N1CCCCC1c1nc2ccccc2[nH]1. The Morgan fingerprint density at radius 2 is 1.93 bits per heavy atom. The summed E-state index contributed by atoms with van der Waals surface area (Å²) in [7, 11) is 0. The number of piperidine rings is 1. The van der Waals surface area contributed by atoms with E-state index in [4.69, 9.17) is 4.98 Å². The lowest BCUT2D eigenvalue weighted by Gasteiger charge is -2.34. The number of benzene rings is 1. The predicted octanol–water partition coefficient (Wildman–Crippen LogP) is 4.52. The van der Waals surface area contributed by atoms with Crippen molar-refractivity contribution in [3.05, 3.63) is 53.6 Å². The second-order valence-corrected chi connectivity index (χ2v) is 7.61. The van der Waals surface area contributed by atoms with Crippen LogP contribution < -0.4 is 0 Å². The number of amides is 1. The zero-order valence-electron chi connectivity index (χ0n) is 16.2. The summed E-state index contributed by atoms with van der Waals surface area (Å²) in [5.74, 6) is 1.18. The first-order chi connectivity index (χ1) is 13.1. The summed E-state index contributed by atoms with van der Waals surface area (Å²) in [6.07, 6.45) is 4.68. The molecule has 1 atom stereocenters. The number of likely N-dealkylation sites (tertiary alicyclic amines) is 1. The Labute approximate surface area is 160 Å². The lowest BCUT2D eigenvalue weighted by atomic mass is 10.0. The molecule has 1 aromatic carbocycles. The van der Waals surface area contributed by atoms with Gasteiger partial charge in [-0.2, -0.15) is 0 Å². The van der Waals surface area contributed by atoms with Crippen molar-refractivity contribution in [1.29, 1.82) is 0 Å². The highest BCUT2D eigenvalue weighted by Crippen LogP contribution is 2.31. The minimum atomic E-state index is 0.0775. The predicted molar refractivity (Wildman–Crippen MR) is 108 cm³/mol. The molecular formula is C22H28N4O. The summed E-state index contributed by atoms with van der Waals surface area (Å²) < 4.78 is 2.29. The first kappa shape index (κ1) is 17.8. The number of aromatic amines is 1. The molecule has 0 radical (unpaired) electrons. The van der Waals surface area contributed by atoms with Crippen LogP contribution in [-0.4, -0.2) is 31.9 Å². The second kappa shape index (κ2) is 7.59. The maximum absolute atomic E-state index is 13.0. The third kappa shape index (κ3) is 3.64. The van der Waals surface area contributed by atoms with Gasteiger partial charge in [0.1, 0.15) is 5.82 Å². The summed E-state index contributed by atoms with van der Waals surface area (Å²) in [6.45, 7) is 5.98. The molecule has 1 saturated heterocycles. The summed E-state index contributed by atoms with van der Waals surface area (Å²) in [5.41, 5.74) is 4.55. The topological polar surface area (TPSA) is 53.9 Å². The van der Waals surface area contributed by atoms with E-state index in [-0.39, 0.29) is 11.9 Å². The van der Waals surface area contributed by atoms with Crippen LogP contribution in [0.5, 0.6) is 0 Å². The van der Waals surface area contributed by atoms with E-state index < -0.39 is 0 Å². The Bertz CT molecular complexity index is 886. The molecule has 0 spiro atoms. The van der Waals surface area contributed by atoms with Crippen LogP contribution in [0.3, 0.4) is 0 Å². The Morgan fingerprint density at radius 3 is 2.70 bits per heavy atom. The number of para-hydroxylation sites is 2. The van der Waals surface area contributed by atoms with Gasteiger partial charge in [0.25, 0.3) is 0 Å². The maximum atomic E-state index is 13.0. The molecule has 1 amide bonds. The normalized spacial score (nSPS) is 17.6. The molecule has 1 fully saturated rings. The molecule has 2 aromatic heterocycles. The summed E-state index contributed by atoms with van der Waals surface area (Å²) >= 11 is 0. The van der Waals surface area contributed by atoms with E-state index in [9.17, 15) is 4.79 Å². The lowest BCUT2D eigenvalue weighted by molar-refractivity contribution is -0.135. The molecule has 1 aliphatic rings. The van der Waals surface area contributed by atoms with Crippen molar-refractivity contribution < 1.29 is 4.79 Å². The van der Waals surface area contributed by atoms with Gasteiger partial charge in [0.05, 0.1) is 17.1 Å². The van der Waals surface area contributed by atoms with Gasteiger partial charge >= 0.3 is 0 Å². The third-order valence-electron chi connectivity index (χ3n) is 5.74. The average molecular weight is 364 g/mol. The monoisotopic (exact) mass is 364 g/mol.